The van der Waals surface area contributed by atoms with Crippen LogP contribution in [0.2, 0.25) is 0 Å². The van der Waals surface area contributed by atoms with Gasteiger partial charge in [0.15, 0.2) is 5.78 Å². The first-order valence-electron chi connectivity index (χ1n) is 6.26. The Kier molecular flexibility index (Phi) is 5.25. The molecule has 0 fully saturated rings. The van der Waals surface area contributed by atoms with E-state index >= 15 is 0 Å². The summed E-state index contributed by atoms with van der Waals surface area (Å²) in [6.45, 7) is 0.967. The third-order valence-electron chi connectivity index (χ3n) is 2.95. The van der Waals surface area contributed by atoms with Crippen molar-refractivity contribution < 1.29 is 9.18 Å². The molecule has 20 heavy (non-hydrogen) atoms. The third kappa shape index (κ3) is 4.38. The molecule has 0 radical (unpaired) electrons. The van der Waals surface area contributed by atoms with Crippen molar-refractivity contribution in [2.24, 2.45) is 0 Å². The van der Waals surface area contributed by atoms with Crippen LogP contribution >= 0.6 is 22.6 Å². The molecule has 0 N–H and O–H groups in total. The second kappa shape index (κ2) is 6.95. The number of Topliss-reactive ketones (excluding diaryl/α,β-unsaturated/α-hetero) is 1. The van der Waals surface area contributed by atoms with E-state index in [9.17, 15) is 9.18 Å². The van der Waals surface area contributed by atoms with Gasteiger partial charge in [-0.15, -0.1) is 0 Å². The van der Waals surface area contributed by atoms with Gasteiger partial charge in [0.1, 0.15) is 5.82 Å². The predicted octanol–water partition coefficient (Wildman–Crippen LogP) is 3.75. The molecular formula is C16H15FINO. The van der Waals surface area contributed by atoms with Crippen LogP contribution in [-0.2, 0) is 6.54 Å². The molecule has 0 aliphatic carbocycles. The molecule has 0 saturated heterocycles. The molecule has 0 saturated carbocycles. The average Bonchev–Trinajstić information content (AvgIpc) is 2.42. The Balaban J connectivity index is 1.93. The van der Waals surface area contributed by atoms with Gasteiger partial charge in [0, 0.05) is 15.7 Å². The van der Waals surface area contributed by atoms with Crippen molar-refractivity contribution in [2.75, 3.05) is 13.6 Å². The minimum absolute atomic E-state index is 0.0889. The Labute approximate surface area is 131 Å². The van der Waals surface area contributed by atoms with E-state index in [2.05, 4.69) is 22.6 Å². The molecule has 2 aromatic carbocycles. The van der Waals surface area contributed by atoms with Crippen LogP contribution < -0.4 is 0 Å². The molecule has 0 bridgehead atoms. The smallest absolute Gasteiger partial charge is 0.176 e. The molecule has 0 unspecified atom stereocenters. The lowest BCUT2D eigenvalue weighted by Crippen LogP contribution is -2.25. The summed E-state index contributed by atoms with van der Waals surface area (Å²) in [5.41, 5.74) is 1.71. The van der Waals surface area contributed by atoms with E-state index in [-0.39, 0.29) is 11.6 Å². The van der Waals surface area contributed by atoms with Crippen LogP contribution in [0.1, 0.15) is 15.9 Å². The van der Waals surface area contributed by atoms with Crippen LogP contribution in [0.5, 0.6) is 0 Å². The molecule has 0 aromatic heterocycles. The lowest BCUT2D eigenvalue weighted by Gasteiger charge is -2.15. The number of benzene rings is 2. The fraction of sp³-hybridized carbons (Fsp3) is 0.188. The number of halogens is 2. The highest BCUT2D eigenvalue weighted by molar-refractivity contribution is 14.1. The zero-order chi connectivity index (χ0) is 14.5. The highest BCUT2D eigenvalue weighted by Gasteiger charge is 2.09. The Bertz CT molecular complexity index is 580. The topological polar surface area (TPSA) is 20.3 Å². The largest absolute Gasteiger partial charge is 0.295 e. The van der Waals surface area contributed by atoms with Crippen LogP contribution in [0.4, 0.5) is 4.39 Å². The summed E-state index contributed by atoms with van der Waals surface area (Å²) < 4.78 is 13.9. The normalized spacial score (nSPS) is 10.8. The second-order valence-corrected chi connectivity index (χ2v) is 5.97. The lowest BCUT2D eigenvalue weighted by molar-refractivity contribution is 0.0943. The summed E-state index contributed by atoms with van der Waals surface area (Å²) >= 11 is 2.21. The average molecular weight is 383 g/mol. The summed E-state index contributed by atoms with van der Waals surface area (Å²) in [7, 11) is 1.88. The Hall–Kier alpha value is -1.27. The summed E-state index contributed by atoms with van der Waals surface area (Å²) in [4.78, 5) is 14.0. The number of nitrogens with zero attached hydrogens (tertiary/aromatic N) is 1. The maximum Gasteiger partial charge on any atom is 0.176 e. The van der Waals surface area contributed by atoms with Gasteiger partial charge in [0.25, 0.3) is 0 Å². The van der Waals surface area contributed by atoms with E-state index in [1.54, 1.807) is 12.1 Å². The van der Waals surface area contributed by atoms with Crippen molar-refractivity contribution in [1.82, 2.24) is 4.90 Å². The SMILES string of the molecule is CN(CC(=O)c1ccc(I)cc1)Cc1ccc(F)cc1. The van der Waals surface area contributed by atoms with E-state index in [0.717, 1.165) is 14.7 Å². The molecule has 2 rings (SSSR count). The summed E-state index contributed by atoms with van der Waals surface area (Å²) in [5.74, 6) is -0.155. The quantitative estimate of drug-likeness (QED) is 0.579. The van der Waals surface area contributed by atoms with E-state index < -0.39 is 0 Å². The fourth-order valence-electron chi connectivity index (χ4n) is 1.93. The maximum absolute atomic E-state index is 12.8. The number of hydrogen-bond donors (Lipinski definition) is 0. The first-order valence-corrected chi connectivity index (χ1v) is 7.34. The first kappa shape index (κ1) is 15.1. The second-order valence-electron chi connectivity index (χ2n) is 4.73. The Morgan fingerprint density at radius 2 is 1.70 bits per heavy atom. The van der Waals surface area contributed by atoms with Gasteiger partial charge in [-0.1, -0.05) is 24.3 Å². The van der Waals surface area contributed by atoms with E-state index in [1.165, 1.54) is 12.1 Å². The van der Waals surface area contributed by atoms with Crippen LogP contribution in [0.3, 0.4) is 0 Å². The van der Waals surface area contributed by atoms with Gasteiger partial charge in [-0.25, -0.2) is 4.39 Å². The van der Waals surface area contributed by atoms with Gasteiger partial charge in [-0.2, -0.15) is 0 Å². The van der Waals surface area contributed by atoms with Crippen LogP contribution in [0, 0.1) is 9.39 Å². The molecular weight excluding hydrogens is 368 g/mol. The lowest BCUT2D eigenvalue weighted by atomic mass is 10.1. The van der Waals surface area contributed by atoms with Crippen molar-refractivity contribution in [3.8, 4) is 0 Å². The first-order chi connectivity index (χ1) is 9.54. The van der Waals surface area contributed by atoms with E-state index in [0.29, 0.717) is 13.1 Å². The zero-order valence-electron chi connectivity index (χ0n) is 11.1. The summed E-state index contributed by atoms with van der Waals surface area (Å²) in [5, 5.41) is 0. The monoisotopic (exact) mass is 383 g/mol. The standard InChI is InChI=1S/C16H15FINO/c1-19(10-12-2-6-14(17)7-3-12)11-16(20)13-4-8-15(18)9-5-13/h2-9H,10-11H2,1H3. The number of ketones is 1. The number of hydrogen-bond acceptors (Lipinski definition) is 2. The molecule has 0 aliphatic heterocycles. The van der Waals surface area contributed by atoms with Crippen molar-refractivity contribution in [1.29, 1.82) is 0 Å². The van der Waals surface area contributed by atoms with Crippen molar-refractivity contribution in [3.63, 3.8) is 0 Å². The van der Waals surface area contributed by atoms with Crippen molar-refractivity contribution in [3.05, 3.63) is 69.0 Å². The third-order valence-corrected chi connectivity index (χ3v) is 3.66. The highest BCUT2D eigenvalue weighted by atomic mass is 127. The van der Waals surface area contributed by atoms with Gasteiger partial charge in [-0.05, 0) is 59.5 Å². The van der Waals surface area contributed by atoms with Gasteiger partial charge in [-0.3, -0.25) is 9.69 Å². The van der Waals surface area contributed by atoms with Crippen molar-refractivity contribution in [2.45, 2.75) is 6.54 Å². The minimum atomic E-state index is -0.244. The van der Waals surface area contributed by atoms with Gasteiger partial charge < -0.3 is 0 Å². The number of rotatable bonds is 5. The molecule has 0 spiro atoms. The summed E-state index contributed by atoms with van der Waals surface area (Å²) in [6.07, 6.45) is 0. The number of likely N-dealkylation sites (N-methyl/N-ethyl adjacent to an activating group) is 1. The number of carbonyl (C=O) groups excluding carboxylic acids is 1. The minimum Gasteiger partial charge on any atom is -0.295 e. The highest BCUT2D eigenvalue weighted by Crippen LogP contribution is 2.09. The molecule has 4 heteroatoms. The summed E-state index contributed by atoms with van der Waals surface area (Å²) in [6, 6.07) is 13.9. The molecule has 2 aromatic rings. The van der Waals surface area contributed by atoms with Crippen LogP contribution in [0.15, 0.2) is 48.5 Å². The van der Waals surface area contributed by atoms with Crippen LogP contribution in [0.25, 0.3) is 0 Å². The van der Waals surface area contributed by atoms with Crippen LogP contribution in [-0.4, -0.2) is 24.3 Å². The van der Waals surface area contributed by atoms with Crippen molar-refractivity contribution >= 4 is 28.4 Å². The Morgan fingerprint density at radius 3 is 2.30 bits per heavy atom. The maximum atomic E-state index is 12.8. The number of carbonyl (C=O) groups is 1. The Morgan fingerprint density at radius 1 is 1.10 bits per heavy atom. The molecule has 0 aliphatic rings. The molecule has 104 valence electrons. The predicted molar refractivity (Wildman–Crippen MR) is 86.2 cm³/mol. The van der Waals surface area contributed by atoms with E-state index in [4.69, 9.17) is 0 Å². The molecule has 0 atom stereocenters. The van der Waals surface area contributed by atoms with E-state index in [1.807, 2.05) is 36.2 Å². The molecule has 0 heterocycles. The fourth-order valence-corrected chi connectivity index (χ4v) is 2.29. The molecule has 2 nitrogen and oxygen atoms in total. The van der Waals surface area contributed by atoms with Gasteiger partial charge in [0.05, 0.1) is 6.54 Å². The van der Waals surface area contributed by atoms with Gasteiger partial charge >= 0.3 is 0 Å². The van der Waals surface area contributed by atoms with Gasteiger partial charge in [0.2, 0.25) is 0 Å². The molecule has 0 amide bonds. The zero-order valence-corrected chi connectivity index (χ0v) is 13.3.